The number of nitrogens with zero attached hydrogens (tertiary/aromatic N) is 3. The van der Waals surface area contributed by atoms with Crippen LogP contribution in [0.2, 0.25) is 10.3 Å². The molecule has 0 radical (unpaired) electrons. The lowest BCUT2D eigenvalue weighted by Crippen LogP contribution is -2.39. The molecule has 1 heterocycles. The monoisotopic (exact) mass is 299 g/mol. The highest BCUT2D eigenvalue weighted by Crippen LogP contribution is 2.26. The molecule has 1 aromatic rings. The summed E-state index contributed by atoms with van der Waals surface area (Å²) in [6.45, 7) is 4.21. The van der Waals surface area contributed by atoms with Gasteiger partial charge in [0.05, 0.1) is 5.56 Å². The summed E-state index contributed by atoms with van der Waals surface area (Å²) in [5.41, 5.74) is 0.301. The summed E-state index contributed by atoms with van der Waals surface area (Å²) in [6, 6.07) is 1.71. The number of hydrogen-bond acceptors (Lipinski definition) is 3. The topological polar surface area (TPSA) is 46.1 Å². The Kier molecular flexibility index (Phi) is 4.77. The van der Waals surface area contributed by atoms with Crippen molar-refractivity contribution in [2.24, 2.45) is 0 Å². The van der Waals surface area contributed by atoms with E-state index in [4.69, 9.17) is 23.2 Å². The van der Waals surface area contributed by atoms with Gasteiger partial charge in [-0.1, -0.05) is 42.1 Å². The van der Waals surface area contributed by atoms with Crippen LogP contribution in [0.15, 0.2) is 18.7 Å². The fraction of sp³-hybridized carbons (Fsp3) is 0.462. The van der Waals surface area contributed by atoms with Crippen molar-refractivity contribution in [3.05, 3.63) is 34.6 Å². The highest BCUT2D eigenvalue weighted by Gasteiger charge is 2.28. The van der Waals surface area contributed by atoms with Crippen molar-refractivity contribution in [1.82, 2.24) is 15.1 Å². The largest absolute Gasteiger partial charge is 0.332 e. The minimum atomic E-state index is -0.159. The number of carbonyl (C=O) groups is 1. The Morgan fingerprint density at radius 1 is 1.42 bits per heavy atom. The average Bonchev–Trinajstić information content (AvgIpc) is 2.92. The second-order valence-electron chi connectivity index (χ2n) is 4.56. The standard InChI is InChI=1S/C13H15Cl2N3O/c1-2-7-18(9-5-3-4-6-9)13(19)10-8-11(14)16-17-12(10)15/h2,8-9H,1,3-7H2. The van der Waals surface area contributed by atoms with E-state index in [-0.39, 0.29) is 22.3 Å². The molecule has 1 aliphatic rings. The Bertz CT molecular complexity index is 487. The summed E-state index contributed by atoms with van der Waals surface area (Å²) in [5.74, 6) is -0.159. The van der Waals surface area contributed by atoms with Crippen LogP contribution in [-0.4, -0.2) is 33.6 Å². The lowest BCUT2D eigenvalue weighted by Gasteiger charge is -2.28. The minimum absolute atomic E-state index is 0.0847. The second-order valence-corrected chi connectivity index (χ2v) is 5.30. The van der Waals surface area contributed by atoms with E-state index in [2.05, 4.69) is 16.8 Å². The summed E-state index contributed by atoms with van der Waals surface area (Å²) in [6.07, 6.45) is 6.05. The Morgan fingerprint density at radius 3 is 2.74 bits per heavy atom. The van der Waals surface area contributed by atoms with Crippen LogP contribution in [0.3, 0.4) is 0 Å². The molecule has 0 unspecified atom stereocenters. The summed E-state index contributed by atoms with van der Waals surface area (Å²) < 4.78 is 0. The highest BCUT2D eigenvalue weighted by atomic mass is 35.5. The van der Waals surface area contributed by atoms with E-state index in [1.165, 1.54) is 6.07 Å². The van der Waals surface area contributed by atoms with Crippen LogP contribution >= 0.6 is 23.2 Å². The molecule has 0 aromatic carbocycles. The van der Waals surface area contributed by atoms with Gasteiger partial charge in [0.1, 0.15) is 0 Å². The van der Waals surface area contributed by atoms with Gasteiger partial charge in [-0.3, -0.25) is 4.79 Å². The summed E-state index contributed by atoms with van der Waals surface area (Å²) in [7, 11) is 0. The Labute approximate surface area is 122 Å². The molecule has 102 valence electrons. The Balaban J connectivity index is 2.27. The van der Waals surface area contributed by atoms with Crippen LogP contribution < -0.4 is 0 Å². The third-order valence-corrected chi connectivity index (χ3v) is 3.77. The van der Waals surface area contributed by atoms with Gasteiger partial charge in [-0.2, -0.15) is 0 Å². The van der Waals surface area contributed by atoms with Crippen molar-refractivity contribution in [3.8, 4) is 0 Å². The molecule has 0 bridgehead atoms. The first-order chi connectivity index (χ1) is 9.13. The van der Waals surface area contributed by atoms with Gasteiger partial charge in [0.2, 0.25) is 0 Å². The normalized spacial score (nSPS) is 15.5. The molecule has 1 saturated carbocycles. The Hall–Kier alpha value is -1.13. The van der Waals surface area contributed by atoms with Crippen LogP contribution in [0.25, 0.3) is 0 Å². The average molecular weight is 300 g/mol. The van der Waals surface area contributed by atoms with Gasteiger partial charge in [-0.05, 0) is 18.9 Å². The van der Waals surface area contributed by atoms with Gasteiger partial charge < -0.3 is 4.90 Å². The first kappa shape index (κ1) is 14.3. The zero-order valence-corrected chi connectivity index (χ0v) is 12.0. The molecule has 1 aliphatic carbocycles. The number of halogens is 2. The maximum absolute atomic E-state index is 12.6. The SMILES string of the molecule is C=CCN(C(=O)c1cc(Cl)nnc1Cl)C1CCCC1. The third kappa shape index (κ3) is 3.25. The van der Waals surface area contributed by atoms with Crippen molar-refractivity contribution in [1.29, 1.82) is 0 Å². The lowest BCUT2D eigenvalue weighted by atomic mass is 10.1. The van der Waals surface area contributed by atoms with Crippen molar-refractivity contribution in [2.75, 3.05) is 6.54 Å². The molecule has 0 spiro atoms. The molecule has 0 saturated heterocycles. The van der Waals surface area contributed by atoms with E-state index in [9.17, 15) is 4.79 Å². The first-order valence-electron chi connectivity index (χ1n) is 6.24. The van der Waals surface area contributed by atoms with Gasteiger partial charge >= 0.3 is 0 Å². The van der Waals surface area contributed by atoms with Crippen molar-refractivity contribution < 1.29 is 4.79 Å². The summed E-state index contributed by atoms with van der Waals surface area (Å²) in [5, 5.41) is 7.55. The Morgan fingerprint density at radius 2 is 2.11 bits per heavy atom. The third-order valence-electron chi connectivity index (χ3n) is 3.30. The fourth-order valence-corrected chi connectivity index (χ4v) is 2.73. The maximum atomic E-state index is 12.6. The van der Waals surface area contributed by atoms with E-state index in [1.807, 2.05) is 0 Å². The van der Waals surface area contributed by atoms with E-state index in [0.717, 1.165) is 25.7 Å². The molecule has 1 amide bonds. The zero-order valence-electron chi connectivity index (χ0n) is 10.5. The zero-order chi connectivity index (χ0) is 13.8. The summed E-state index contributed by atoms with van der Waals surface area (Å²) >= 11 is 11.7. The van der Waals surface area contributed by atoms with Crippen molar-refractivity contribution in [3.63, 3.8) is 0 Å². The van der Waals surface area contributed by atoms with Crippen LogP contribution in [0.1, 0.15) is 36.0 Å². The predicted molar refractivity (Wildman–Crippen MR) is 75.5 cm³/mol. The maximum Gasteiger partial charge on any atom is 0.257 e. The number of carbonyl (C=O) groups excluding carboxylic acids is 1. The molecule has 1 fully saturated rings. The second kappa shape index (κ2) is 6.35. The number of rotatable bonds is 4. The minimum Gasteiger partial charge on any atom is -0.332 e. The van der Waals surface area contributed by atoms with Crippen molar-refractivity contribution in [2.45, 2.75) is 31.7 Å². The molecule has 1 aromatic heterocycles. The quantitative estimate of drug-likeness (QED) is 0.801. The lowest BCUT2D eigenvalue weighted by molar-refractivity contribution is 0.0706. The first-order valence-corrected chi connectivity index (χ1v) is 6.99. The van der Waals surface area contributed by atoms with Crippen LogP contribution in [0.4, 0.5) is 0 Å². The molecule has 0 atom stereocenters. The molecule has 2 rings (SSSR count). The van der Waals surface area contributed by atoms with Gasteiger partial charge in [0.15, 0.2) is 10.3 Å². The number of amides is 1. The number of aromatic nitrogens is 2. The van der Waals surface area contributed by atoms with E-state index >= 15 is 0 Å². The molecular weight excluding hydrogens is 285 g/mol. The van der Waals surface area contributed by atoms with E-state index < -0.39 is 0 Å². The van der Waals surface area contributed by atoms with Gasteiger partial charge in [0, 0.05) is 12.6 Å². The molecule has 0 N–H and O–H groups in total. The van der Waals surface area contributed by atoms with Gasteiger partial charge in [-0.25, -0.2) is 0 Å². The molecule has 0 aliphatic heterocycles. The predicted octanol–water partition coefficient (Wildman–Crippen LogP) is 3.35. The van der Waals surface area contributed by atoms with E-state index in [1.54, 1.807) is 11.0 Å². The molecule has 19 heavy (non-hydrogen) atoms. The van der Waals surface area contributed by atoms with Gasteiger partial charge in [0.25, 0.3) is 5.91 Å². The van der Waals surface area contributed by atoms with Crippen LogP contribution in [-0.2, 0) is 0 Å². The van der Waals surface area contributed by atoms with Gasteiger partial charge in [-0.15, -0.1) is 16.8 Å². The smallest absolute Gasteiger partial charge is 0.257 e. The molecular formula is C13H15Cl2N3O. The van der Waals surface area contributed by atoms with Crippen molar-refractivity contribution >= 4 is 29.1 Å². The van der Waals surface area contributed by atoms with Crippen LogP contribution in [0, 0.1) is 0 Å². The number of hydrogen-bond donors (Lipinski definition) is 0. The van der Waals surface area contributed by atoms with Crippen LogP contribution in [0.5, 0.6) is 0 Å². The van der Waals surface area contributed by atoms with E-state index in [0.29, 0.717) is 12.1 Å². The highest BCUT2D eigenvalue weighted by molar-refractivity contribution is 6.34. The summed E-state index contributed by atoms with van der Waals surface area (Å²) in [4.78, 5) is 14.4. The molecule has 4 nitrogen and oxygen atoms in total. The fourth-order valence-electron chi connectivity index (χ4n) is 2.41. The molecule has 6 heteroatoms.